The molecule has 0 saturated carbocycles. The Labute approximate surface area is 112 Å². The molecule has 2 aromatic rings. The molecule has 0 heterocycles. The molecule has 3 nitrogen and oxygen atoms in total. The van der Waals surface area contributed by atoms with Crippen LogP contribution in [0.2, 0.25) is 0 Å². The van der Waals surface area contributed by atoms with Gasteiger partial charge in [0.2, 0.25) is 0 Å². The summed E-state index contributed by atoms with van der Waals surface area (Å²) in [6.45, 7) is 1.99. The molecule has 1 atom stereocenters. The molecule has 2 rings (SSSR count). The lowest BCUT2D eigenvalue weighted by Gasteiger charge is -2.15. The third-order valence-electron chi connectivity index (χ3n) is 2.94. The zero-order valence-electron chi connectivity index (χ0n) is 10.7. The summed E-state index contributed by atoms with van der Waals surface area (Å²) in [5.41, 5.74) is 2.17. The number of aldehydes is 1. The monoisotopic (exact) mass is 256 g/mol. The van der Waals surface area contributed by atoms with E-state index in [0.717, 1.165) is 17.4 Å². The van der Waals surface area contributed by atoms with Gasteiger partial charge in [0.05, 0.1) is 5.56 Å². The van der Waals surface area contributed by atoms with Crippen molar-refractivity contribution in [1.82, 2.24) is 0 Å². The maximum Gasteiger partial charge on any atom is 0.153 e. The topological polar surface area (TPSA) is 46.5 Å². The van der Waals surface area contributed by atoms with Gasteiger partial charge in [0, 0.05) is 0 Å². The third-order valence-corrected chi connectivity index (χ3v) is 2.94. The predicted octanol–water partition coefficient (Wildman–Crippen LogP) is 2.92. The van der Waals surface area contributed by atoms with Gasteiger partial charge < -0.3 is 9.84 Å². The molecule has 0 bridgehead atoms. The van der Waals surface area contributed by atoms with E-state index in [9.17, 15) is 9.90 Å². The van der Waals surface area contributed by atoms with Crippen molar-refractivity contribution in [1.29, 1.82) is 0 Å². The molecule has 2 aromatic carbocycles. The lowest BCUT2D eigenvalue weighted by Crippen LogP contribution is -2.11. The molecular formula is C16H16O3. The number of carbonyl (C=O) groups is 1. The van der Waals surface area contributed by atoms with Gasteiger partial charge in [-0.15, -0.1) is 0 Å². The van der Waals surface area contributed by atoms with Gasteiger partial charge in [-0.25, -0.2) is 0 Å². The molecule has 0 aliphatic carbocycles. The summed E-state index contributed by atoms with van der Waals surface area (Å²) in [6.07, 6.45) is 0.0531. The van der Waals surface area contributed by atoms with E-state index in [4.69, 9.17) is 4.74 Å². The summed E-state index contributed by atoms with van der Waals surface area (Å²) >= 11 is 0. The number of aliphatic hydroxyl groups is 1. The van der Waals surface area contributed by atoms with Crippen LogP contribution in [0.25, 0.3) is 0 Å². The van der Waals surface area contributed by atoms with Crippen LogP contribution in [0.3, 0.4) is 0 Å². The minimum absolute atomic E-state index is 0.121. The minimum atomic E-state index is -0.708. The number of para-hydroxylation sites is 1. The van der Waals surface area contributed by atoms with Crippen molar-refractivity contribution in [2.45, 2.75) is 13.0 Å². The highest BCUT2D eigenvalue weighted by molar-refractivity contribution is 5.80. The number of carbonyl (C=O) groups excluding carboxylic acids is 1. The molecule has 1 unspecified atom stereocenters. The van der Waals surface area contributed by atoms with Gasteiger partial charge in [0.25, 0.3) is 0 Å². The van der Waals surface area contributed by atoms with Gasteiger partial charge in [-0.1, -0.05) is 42.5 Å². The van der Waals surface area contributed by atoms with E-state index in [1.807, 2.05) is 43.3 Å². The van der Waals surface area contributed by atoms with E-state index in [1.54, 1.807) is 12.1 Å². The third kappa shape index (κ3) is 3.20. The second kappa shape index (κ2) is 6.16. The first-order chi connectivity index (χ1) is 9.22. The van der Waals surface area contributed by atoms with Crippen molar-refractivity contribution in [3.63, 3.8) is 0 Å². The van der Waals surface area contributed by atoms with E-state index in [2.05, 4.69) is 0 Å². The highest BCUT2D eigenvalue weighted by atomic mass is 16.5. The van der Waals surface area contributed by atoms with Crippen molar-refractivity contribution in [2.75, 3.05) is 6.61 Å². The van der Waals surface area contributed by atoms with Crippen LogP contribution >= 0.6 is 0 Å². The van der Waals surface area contributed by atoms with Crippen LogP contribution in [-0.2, 0) is 0 Å². The van der Waals surface area contributed by atoms with E-state index >= 15 is 0 Å². The molecule has 98 valence electrons. The van der Waals surface area contributed by atoms with Crippen LogP contribution in [0.5, 0.6) is 5.75 Å². The van der Waals surface area contributed by atoms with E-state index in [0.29, 0.717) is 11.3 Å². The molecule has 0 fully saturated rings. The summed E-state index contributed by atoms with van der Waals surface area (Å²) in [7, 11) is 0. The van der Waals surface area contributed by atoms with Crippen molar-refractivity contribution >= 4 is 6.29 Å². The average molecular weight is 256 g/mol. The molecule has 0 aliphatic heterocycles. The second-order valence-corrected chi connectivity index (χ2v) is 4.35. The zero-order chi connectivity index (χ0) is 13.7. The first-order valence-electron chi connectivity index (χ1n) is 6.13. The second-order valence-electron chi connectivity index (χ2n) is 4.35. The smallest absolute Gasteiger partial charge is 0.153 e. The summed E-state index contributed by atoms with van der Waals surface area (Å²) in [5, 5.41) is 10.0. The number of rotatable bonds is 5. The number of ether oxygens (including phenoxy) is 1. The van der Waals surface area contributed by atoms with Crippen LogP contribution in [0.4, 0.5) is 0 Å². The number of aliphatic hydroxyl groups excluding tert-OH is 1. The maximum absolute atomic E-state index is 11.0. The fourth-order valence-corrected chi connectivity index (χ4v) is 1.90. The first kappa shape index (κ1) is 13.3. The van der Waals surface area contributed by atoms with Gasteiger partial charge in [0.1, 0.15) is 18.5 Å². The molecule has 19 heavy (non-hydrogen) atoms. The largest absolute Gasteiger partial charge is 0.489 e. The van der Waals surface area contributed by atoms with E-state index in [-0.39, 0.29) is 6.61 Å². The summed E-state index contributed by atoms with van der Waals surface area (Å²) < 4.78 is 5.59. The SMILES string of the molecule is Cc1cccc(C=O)c1OCC(O)c1ccccc1. The molecule has 0 amide bonds. The van der Waals surface area contributed by atoms with Gasteiger partial charge in [0.15, 0.2) is 6.29 Å². The molecule has 3 heteroatoms. The Balaban J connectivity index is 2.09. The molecule has 0 radical (unpaired) electrons. The number of benzene rings is 2. The van der Waals surface area contributed by atoms with E-state index in [1.165, 1.54) is 0 Å². The van der Waals surface area contributed by atoms with Crippen molar-refractivity contribution in [3.8, 4) is 5.75 Å². The normalized spacial score (nSPS) is 11.9. The fraction of sp³-hybridized carbons (Fsp3) is 0.188. The molecule has 0 saturated heterocycles. The van der Waals surface area contributed by atoms with Crippen molar-refractivity contribution in [3.05, 3.63) is 65.2 Å². The Bertz CT molecular complexity index is 549. The predicted molar refractivity (Wildman–Crippen MR) is 73.5 cm³/mol. The number of aryl methyl sites for hydroxylation is 1. The quantitative estimate of drug-likeness (QED) is 0.837. The Morgan fingerprint density at radius 1 is 1.16 bits per heavy atom. The molecular weight excluding hydrogens is 240 g/mol. The Morgan fingerprint density at radius 3 is 2.58 bits per heavy atom. The Kier molecular flexibility index (Phi) is 4.31. The first-order valence-corrected chi connectivity index (χ1v) is 6.13. The zero-order valence-corrected chi connectivity index (χ0v) is 10.7. The Hall–Kier alpha value is -2.13. The highest BCUT2D eigenvalue weighted by Crippen LogP contribution is 2.23. The van der Waals surface area contributed by atoms with Gasteiger partial charge in [-0.05, 0) is 24.1 Å². The maximum atomic E-state index is 11.0. The summed E-state index contributed by atoms with van der Waals surface area (Å²) in [5.74, 6) is 0.535. The molecule has 0 aliphatic rings. The molecule has 0 aromatic heterocycles. The van der Waals surface area contributed by atoms with Crippen LogP contribution in [0.1, 0.15) is 27.6 Å². The van der Waals surface area contributed by atoms with Crippen molar-refractivity contribution in [2.24, 2.45) is 0 Å². The van der Waals surface area contributed by atoms with E-state index < -0.39 is 6.10 Å². The number of hydrogen-bond acceptors (Lipinski definition) is 3. The van der Waals surface area contributed by atoms with Gasteiger partial charge in [-0.2, -0.15) is 0 Å². The van der Waals surface area contributed by atoms with Crippen LogP contribution in [0, 0.1) is 6.92 Å². The van der Waals surface area contributed by atoms with Crippen molar-refractivity contribution < 1.29 is 14.6 Å². The summed E-state index contributed by atoms with van der Waals surface area (Å²) in [4.78, 5) is 11.0. The van der Waals surface area contributed by atoms with Crippen LogP contribution < -0.4 is 4.74 Å². The van der Waals surface area contributed by atoms with Crippen LogP contribution in [-0.4, -0.2) is 18.0 Å². The lowest BCUT2D eigenvalue weighted by molar-refractivity contribution is 0.104. The minimum Gasteiger partial charge on any atom is -0.489 e. The van der Waals surface area contributed by atoms with Crippen LogP contribution in [0.15, 0.2) is 48.5 Å². The average Bonchev–Trinajstić information content (AvgIpc) is 2.46. The fourth-order valence-electron chi connectivity index (χ4n) is 1.90. The Morgan fingerprint density at radius 2 is 1.89 bits per heavy atom. The van der Waals surface area contributed by atoms with Gasteiger partial charge >= 0.3 is 0 Å². The number of hydrogen-bond donors (Lipinski definition) is 1. The standard InChI is InChI=1S/C16H16O3/c1-12-6-5-9-14(10-17)16(12)19-11-15(18)13-7-3-2-4-8-13/h2-10,15,18H,11H2,1H3. The molecule has 1 N–H and O–H groups in total. The lowest BCUT2D eigenvalue weighted by atomic mass is 10.1. The highest BCUT2D eigenvalue weighted by Gasteiger charge is 2.11. The van der Waals surface area contributed by atoms with Gasteiger partial charge in [-0.3, -0.25) is 4.79 Å². The summed E-state index contributed by atoms with van der Waals surface area (Å²) in [6, 6.07) is 14.7. The molecule has 0 spiro atoms.